The van der Waals surface area contributed by atoms with Gasteiger partial charge in [-0.15, -0.1) is 0 Å². The molecule has 0 radical (unpaired) electrons. The van der Waals surface area contributed by atoms with Gasteiger partial charge in [0.2, 0.25) is 5.71 Å². The van der Waals surface area contributed by atoms with Crippen LogP contribution in [0, 0.1) is 21.4 Å². The molecule has 0 N–H and O–H groups in total. The van der Waals surface area contributed by atoms with Gasteiger partial charge in [0.05, 0.1) is 0 Å². The average molecular weight is 260 g/mol. The molecule has 0 aliphatic rings. The minimum atomic E-state index is -0.580. The predicted molar refractivity (Wildman–Crippen MR) is 56.8 cm³/mol. The fraction of sp³-hybridized carbons (Fsp3) is 0.500. The van der Waals surface area contributed by atoms with E-state index in [0.29, 0.717) is 17.3 Å². The van der Waals surface area contributed by atoms with Crippen molar-refractivity contribution in [3.8, 4) is 6.07 Å². The third-order valence-electron chi connectivity index (χ3n) is 1.46. The summed E-state index contributed by atoms with van der Waals surface area (Å²) in [7, 11) is 0. The van der Waals surface area contributed by atoms with Gasteiger partial charge in [-0.2, -0.15) is 5.26 Å². The number of hydrogen-bond acceptors (Lipinski definition) is 4. The fourth-order valence-electron chi connectivity index (χ4n) is 0.663. The van der Waals surface area contributed by atoms with Crippen LogP contribution in [-0.4, -0.2) is 16.0 Å². The summed E-state index contributed by atoms with van der Waals surface area (Å²) in [6.07, 6.45) is 0.392. The summed E-state index contributed by atoms with van der Waals surface area (Å²) in [5.74, 6) is -0.250. The average Bonchev–Trinajstić information content (AvgIpc) is 2.18. The number of nitriles is 1. The molecule has 0 aromatic heterocycles. The summed E-state index contributed by atoms with van der Waals surface area (Å²) in [5.41, 5.74) is 0.660. The van der Waals surface area contributed by atoms with Gasteiger partial charge < -0.3 is 10.1 Å². The van der Waals surface area contributed by atoms with Gasteiger partial charge in [0.1, 0.15) is 6.07 Å². The minimum absolute atomic E-state index is 0.164. The number of nitrogens with zero attached hydrogens (tertiary/aromatic N) is 3. The molecule has 0 heterocycles. The van der Waals surface area contributed by atoms with Crippen molar-refractivity contribution < 1.29 is 4.92 Å². The van der Waals surface area contributed by atoms with Crippen molar-refractivity contribution in [2.45, 2.75) is 20.3 Å². The smallest absolute Gasteiger partial charge is 0.358 e. The monoisotopic (exact) mass is 259 g/mol. The quantitative estimate of drug-likeness (QED) is 0.336. The van der Waals surface area contributed by atoms with Gasteiger partial charge in [-0.3, -0.25) is 0 Å². The Hall–Kier alpha value is -1.22. The van der Waals surface area contributed by atoms with Gasteiger partial charge in [-0.25, -0.2) is 0 Å². The van der Waals surface area contributed by atoms with Crippen molar-refractivity contribution in [3.63, 3.8) is 0 Å². The van der Waals surface area contributed by atoms with Crippen LogP contribution in [0.5, 0.6) is 0 Å². The van der Waals surface area contributed by atoms with E-state index >= 15 is 0 Å². The van der Waals surface area contributed by atoms with Crippen LogP contribution in [0.1, 0.15) is 20.3 Å². The molecule has 0 bridgehead atoms. The molecule has 0 saturated carbocycles. The lowest BCUT2D eigenvalue weighted by molar-refractivity contribution is -0.427. The van der Waals surface area contributed by atoms with Crippen molar-refractivity contribution >= 4 is 21.6 Å². The summed E-state index contributed by atoms with van der Waals surface area (Å²) in [4.78, 5) is 13.7. The Morgan fingerprint density at radius 1 is 1.71 bits per heavy atom. The van der Waals surface area contributed by atoms with E-state index in [2.05, 4.69) is 20.9 Å². The third-order valence-corrected chi connectivity index (χ3v) is 2.30. The molecule has 0 unspecified atom stereocenters. The van der Waals surface area contributed by atoms with Gasteiger partial charge in [-0.05, 0) is 16.8 Å². The van der Waals surface area contributed by atoms with Crippen LogP contribution >= 0.6 is 15.9 Å². The summed E-state index contributed by atoms with van der Waals surface area (Å²) in [5, 5.41) is 19.5. The molecule has 5 nitrogen and oxygen atoms in total. The molecule has 6 heteroatoms. The van der Waals surface area contributed by atoms with E-state index in [1.54, 1.807) is 13.8 Å². The Morgan fingerprint density at radius 2 is 2.29 bits per heavy atom. The van der Waals surface area contributed by atoms with Crippen molar-refractivity contribution in [1.29, 1.82) is 5.26 Å². The standard InChI is InChI=1S/C8H10BrN3O2/c1-3-7(5-10)11-8(12(13)14)6(2)4-9/h3-4H2,1-2H3/b8-6-,11-7?. The van der Waals surface area contributed by atoms with Crippen LogP contribution in [0.4, 0.5) is 0 Å². The fourth-order valence-corrected chi connectivity index (χ4v) is 0.914. The molecule has 0 aromatic rings. The second-order valence-electron chi connectivity index (χ2n) is 2.52. The molecule has 0 aliphatic carbocycles. The lowest BCUT2D eigenvalue weighted by Gasteiger charge is -1.96. The molecule has 14 heavy (non-hydrogen) atoms. The van der Waals surface area contributed by atoms with E-state index in [1.807, 2.05) is 6.07 Å². The van der Waals surface area contributed by atoms with Crippen molar-refractivity contribution in [1.82, 2.24) is 0 Å². The van der Waals surface area contributed by atoms with Crippen molar-refractivity contribution in [2.24, 2.45) is 4.99 Å². The molecule has 0 atom stereocenters. The lowest BCUT2D eigenvalue weighted by Crippen LogP contribution is -2.04. The summed E-state index contributed by atoms with van der Waals surface area (Å²) in [6.45, 7) is 3.32. The van der Waals surface area contributed by atoms with E-state index in [0.717, 1.165) is 0 Å². The lowest BCUT2D eigenvalue weighted by atomic mass is 10.3. The molecule has 0 saturated heterocycles. The number of aliphatic imine (C=N–C) groups is 1. The number of nitro groups is 1. The van der Waals surface area contributed by atoms with Gasteiger partial charge in [0.25, 0.3) is 0 Å². The van der Waals surface area contributed by atoms with Crippen LogP contribution in [0.2, 0.25) is 0 Å². The van der Waals surface area contributed by atoms with Crippen LogP contribution in [0.25, 0.3) is 0 Å². The zero-order valence-corrected chi connectivity index (χ0v) is 9.54. The first-order valence-corrected chi connectivity index (χ1v) is 5.06. The molecule has 0 fully saturated rings. The highest BCUT2D eigenvalue weighted by Crippen LogP contribution is 2.10. The van der Waals surface area contributed by atoms with Crippen LogP contribution < -0.4 is 0 Å². The Bertz CT molecular complexity index is 328. The minimum Gasteiger partial charge on any atom is -0.358 e. The van der Waals surface area contributed by atoms with Crippen molar-refractivity contribution in [2.75, 3.05) is 5.33 Å². The van der Waals surface area contributed by atoms with E-state index in [4.69, 9.17) is 5.26 Å². The predicted octanol–water partition coefficient (Wildman–Crippen LogP) is 2.26. The first kappa shape index (κ1) is 12.8. The molecular formula is C8H10BrN3O2. The zero-order valence-electron chi connectivity index (χ0n) is 7.95. The van der Waals surface area contributed by atoms with E-state index in [9.17, 15) is 10.1 Å². The number of allylic oxidation sites excluding steroid dienone is 1. The Morgan fingerprint density at radius 3 is 2.57 bits per heavy atom. The maximum absolute atomic E-state index is 10.6. The molecule has 0 aromatic carbocycles. The van der Waals surface area contributed by atoms with Gasteiger partial charge in [0, 0.05) is 17.3 Å². The van der Waals surface area contributed by atoms with E-state index in [1.165, 1.54) is 0 Å². The number of hydrogen-bond donors (Lipinski definition) is 0. The first-order valence-electron chi connectivity index (χ1n) is 3.94. The SMILES string of the molecule is CCC(C#N)=N/C(=C(\C)CBr)[N+](=O)[O-]. The summed E-state index contributed by atoms with van der Waals surface area (Å²) >= 11 is 3.10. The normalized spacial score (nSPS) is 13.1. The molecule has 0 rings (SSSR count). The highest BCUT2D eigenvalue weighted by molar-refractivity contribution is 9.09. The van der Waals surface area contributed by atoms with Gasteiger partial charge in [0.15, 0.2) is 0 Å². The highest BCUT2D eigenvalue weighted by Gasteiger charge is 2.15. The van der Waals surface area contributed by atoms with E-state index in [-0.39, 0.29) is 11.5 Å². The first-order chi connectivity index (χ1) is 6.56. The third kappa shape index (κ3) is 3.66. The van der Waals surface area contributed by atoms with Gasteiger partial charge >= 0.3 is 5.82 Å². The Labute approximate surface area is 90.4 Å². The topological polar surface area (TPSA) is 79.3 Å². The largest absolute Gasteiger partial charge is 0.364 e. The van der Waals surface area contributed by atoms with Crippen LogP contribution in [-0.2, 0) is 0 Å². The molecule has 0 aliphatic heterocycles. The second-order valence-corrected chi connectivity index (χ2v) is 3.08. The molecular weight excluding hydrogens is 250 g/mol. The zero-order chi connectivity index (χ0) is 11.1. The maximum atomic E-state index is 10.6. The van der Waals surface area contributed by atoms with Crippen LogP contribution in [0.15, 0.2) is 16.4 Å². The van der Waals surface area contributed by atoms with Crippen molar-refractivity contribution in [3.05, 3.63) is 21.5 Å². The Balaban J connectivity index is 5.18. The Kier molecular flexibility index (Phi) is 5.72. The molecule has 0 amide bonds. The summed E-state index contributed by atoms with van der Waals surface area (Å²) < 4.78 is 0. The molecule has 0 spiro atoms. The summed E-state index contributed by atoms with van der Waals surface area (Å²) in [6, 6.07) is 1.81. The second kappa shape index (κ2) is 6.27. The maximum Gasteiger partial charge on any atom is 0.364 e. The van der Waals surface area contributed by atoms with Crippen LogP contribution in [0.3, 0.4) is 0 Å². The number of rotatable bonds is 4. The molecule has 76 valence electrons. The van der Waals surface area contributed by atoms with Gasteiger partial charge in [-0.1, -0.05) is 22.9 Å². The number of halogens is 1. The highest BCUT2D eigenvalue weighted by atomic mass is 79.9. The number of alkyl halides is 1. The van der Waals surface area contributed by atoms with E-state index < -0.39 is 4.92 Å².